The second-order valence-electron chi connectivity index (χ2n) is 10.4. The molecule has 226 valence electrons. The van der Waals surface area contributed by atoms with Crippen molar-refractivity contribution in [3.05, 3.63) is 156 Å². The summed E-state index contributed by atoms with van der Waals surface area (Å²) in [5.74, 6) is -0.676. The molecule has 4 aromatic carbocycles. The molecule has 0 aliphatic heterocycles. The second kappa shape index (κ2) is 15.1. The van der Waals surface area contributed by atoms with Crippen molar-refractivity contribution in [3.63, 3.8) is 0 Å². The van der Waals surface area contributed by atoms with Crippen LogP contribution in [0, 0.1) is 0 Å². The molecule has 1 aromatic heterocycles. The first kappa shape index (κ1) is 30.7. The number of hydrogen-bond acceptors (Lipinski definition) is 6. The molecular formula is C37H33N3O5. The number of nitrogens with zero attached hydrogens (tertiary/aromatic N) is 2. The Labute approximate surface area is 262 Å². The van der Waals surface area contributed by atoms with Gasteiger partial charge in [-0.1, -0.05) is 72.8 Å². The number of carbonyl (C=O) groups is 3. The first-order valence-electron chi connectivity index (χ1n) is 14.7. The normalized spacial score (nSPS) is 11.3. The van der Waals surface area contributed by atoms with Crippen LogP contribution in [0.5, 0.6) is 5.75 Å². The van der Waals surface area contributed by atoms with Crippen LogP contribution in [-0.4, -0.2) is 46.9 Å². The first-order chi connectivity index (χ1) is 22.0. The highest BCUT2D eigenvalue weighted by atomic mass is 16.5. The van der Waals surface area contributed by atoms with E-state index >= 15 is 0 Å². The number of anilines is 2. The number of hydrogen-bond donors (Lipinski definition) is 2. The molecule has 45 heavy (non-hydrogen) atoms. The number of pyridine rings is 1. The third kappa shape index (κ3) is 8.20. The number of aromatic nitrogens is 1. The summed E-state index contributed by atoms with van der Waals surface area (Å²) in [6, 6.07) is 35.0. The van der Waals surface area contributed by atoms with E-state index in [2.05, 4.69) is 10.3 Å². The van der Waals surface area contributed by atoms with Crippen LogP contribution in [0.4, 0.5) is 11.4 Å². The topological polar surface area (TPSA) is 109 Å². The third-order valence-corrected chi connectivity index (χ3v) is 7.23. The van der Waals surface area contributed by atoms with E-state index in [1.165, 1.54) is 0 Å². The van der Waals surface area contributed by atoms with Crippen LogP contribution in [0.1, 0.15) is 38.3 Å². The Morgan fingerprint density at radius 3 is 2.09 bits per heavy atom. The van der Waals surface area contributed by atoms with Crippen molar-refractivity contribution in [2.24, 2.45) is 0 Å². The van der Waals surface area contributed by atoms with E-state index in [1.807, 2.05) is 48.5 Å². The maximum Gasteiger partial charge on any atom is 0.326 e. The zero-order valence-corrected chi connectivity index (χ0v) is 24.6. The van der Waals surface area contributed by atoms with Crippen molar-refractivity contribution in [2.75, 3.05) is 23.4 Å². The number of aliphatic carboxylic acids is 1. The van der Waals surface area contributed by atoms with Crippen LogP contribution in [0.15, 0.2) is 134 Å². The van der Waals surface area contributed by atoms with Gasteiger partial charge in [0.05, 0.1) is 6.61 Å². The summed E-state index contributed by atoms with van der Waals surface area (Å²) < 4.78 is 5.95. The monoisotopic (exact) mass is 599 g/mol. The van der Waals surface area contributed by atoms with Gasteiger partial charge >= 0.3 is 5.97 Å². The van der Waals surface area contributed by atoms with Gasteiger partial charge < -0.3 is 20.1 Å². The lowest BCUT2D eigenvalue weighted by molar-refractivity contribution is -0.137. The molecule has 2 N–H and O–H groups in total. The smallest absolute Gasteiger partial charge is 0.326 e. The Morgan fingerprint density at radius 2 is 1.40 bits per heavy atom. The lowest BCUT2D eigenvalue weighted by Crippen LogP contribution is -2.32. The Hall–Kier alpha value is -5.76. The lowest BCUT2D eigenvalue weighted by atomic mass is 10.00. The fourth-order valence-corrected chi connectivity index (χ4v) is 4.92. The standard InChI is InChI=1S/C37H33N3O5/c41-35(28-10-3-1-4-11-28)32-14-7-8-15-33(32)39-34(37(43)44)26-27-16-18-31(19-17-27)45-25-9-24-40(30-12-5-2-6-13-30)36(42)29-20-22-38-23-21-29/h1-8,10-23,34,39H,9,24-26H2,(H,43,44)/t34-/m0/s1. The Balaban J connectivity index is 1.18. The van der Waals surface area contributed by atoms with E-state index in [1.54, 1.807) is 90.1 Å². The van der Waals surface area contributed by atoms with Crippen molar-refractivity contribution in [1.29, 1.82) is 0 Å². The highest BCUT2D eigenvalue weighted by Gasteiger charge is 2.22. The third-order valence-electron chi connectivity index (χ3n) is 7.23. The van der Waals surface area contributed by atoms with E-state index in [0.717, 1.165) is 11.3 Å². The van der Waals surface area contributed by atoms with Gasteiger partial charge in [0.25, 0.3) is 5.91 Å². The summed E-state index contributed by atoms with van der Waals surface area (Å²) in [5, 5.41) is 13.0. The highest BCUT2D eigenvalue weighted by Crippen LogP contribution is 2.22. The molecule has 0 saturated carbocycles. The van der Waals surface area contributed by atoms with Gasteiger partial charge in [-0.05, 0) is 60.5 Å². The van der Waals surface area contributed by atoms with Crippen LogP contribution in [0.2, 0.25) is 0 Å². The van der Waals surface area contributed by atoms with E-state index in [9.17, 15) is 19.5 Å². The summed E-state index contributed by atoms with van der Waals surface area (Å²) in [4.78, 5) is 44.2. The van der Waals surface area contributed by atoms with Gasteiger partial charge in [-0.3, -0.25) is 14.6 Å². The fraction of sp³-hybridized carbons (Fsp3) is 0.135. The van der Waals surface area contributed by atoms with E-state index in [0.29, 0.717) is 47.7 Å². The van der Waals surface area contributed by atoms with Gasteiger partial charge in [-0.15, -0.1) is 0 Å². The van der Waals surface area contributed by atoms with Crippen LogP contribution < -0.4 is 15.0 Å². The molecule has 0 radical (unpaired) electrons. The number of para-hydroxylation sites is 2. The Kier molecular flexibility index (Phi) is 10.3. The van der Waals surface area contributed by atoms with Crippen LogP contribution in [0.25, 0.3) is 0 Å². The van der Waals surface area contributed by atoms with Crippen molar-refractivity contribution in [3.8, 4) is 5.75 Å². The molecule has 1 atom stereocenters. The number of ketones is 1. The minimum atomic E-state index is -1.03. The average Bonchev–Trinajstić information content (AvgIpc) is 3.09. The first-order valence-corrected chi connectivity index (χ1v) is 14.7. The summed E-state index contributed by atoms with van der Waals surface area (Å²) in [6.45, 7) is 0.849. The maximum atomic E-state index is 13.2. The number of benzene rings is 4. The molecular weight excluding hydrogens is 566 g/mol. The number of carboxylic acid groups (broad SMARTS) is 1. The largest absolute Gasteiger partial charge is 0.494 e. The molecule has 8 nitrogen and oxygen atoms in total. The minimum absolute atomic E-state index is 0.110. The van der Waals surface area contributed by atoms with Gasteiger partial charge in [0.15, 0.2) is 5.78 Å². The predicted octanol–water partition coefficient (Wildman–Crippen LogP) is 6.54. The number of carbonyl (C=O) groups excluding carboxylic acids is 2. The Morgan fingerprint density at radius 1 is 0.756 bits per heavy atom. The average molecular weight is 600 g/mol. The fourth-order valence-electron chi connectivity index (χ4n) is 4.92. The summed E-state index contributed by atoms with van der Waals surface area (Å²) in [6.07, 6.45) is 4.00. The molecule has 1 heterocycles. The Bertz CT molecular complexity index is 1710. The number of amides is 1. The van der Waals surface area contributed by atoms with Gasteiger partial charge in [0.1, 0.15) is 11.8 Å². The summed E-state index contributed by atoms with van der Waals surface area (Å²) >= 11 is 0. The van der Waals surface area contributed by atoms with Crippen molar-refractivity contribution in [2.45, 2.75) is 18.9 Å². The molecule has 5 aromatic rings. The molecule has 0 aliphatic carbocycles. The number of rotatable bonds is 14. The maximum absolute atomic E-state index is 13.2. The summed E-state index contributed by atoms with van der Waals surface area (Å²) in [5.41, 5.74) is 3.57. The molecule has 0 aliphatic rings. The summed E-state index contributed by atoms with van der Waals surface area (Å²) in [7, 11) is 0. The zero-order chi connectivity index (χ0) is 31.4. The van der Waals surface area contributed by atoms with Gasteiger partial charge in [-0.2, -0.15) is 0 Å². The highest BCUT2D eigenvalue weighted by molar-refractivity contribution is 6.12. The predicted molar refractivity (Wildman–Crippen MR) is 174 cm³/mol. The number of ether oxygens (including phenoxy) is 1. The van der Waals surface area contributed by atoms with Crippen LogP contribution in [-0.2, 0) is 11.2 Å². The SMILES string of the molecule is O=C(c1ccccc1)c1ccccc1N[C@@H](Cc1ccc(OCCCN(C(=O)c2ccncc2)c2ccccc2)cc1)C(=O)O. The quantitative estimate of drug-likeness (QED) is 0.110. The zero-order valence-electron chi connectivity index (χ0n) is 24.6. The molecule has 5 rings (SSSR count). The van der Waals surface area contributed by atoms with Gasteiger partial charge in [0, 0.05) is 53.4 Å². The van der Waals surface area contributed by atoms with Crippen molar-refractivity contribution < 1.29 is 24.2 Å². The van der Waals surface area contributed by atoms with E-state index in [-0.39, 0.29) is 18.1 Å². The van der Waals surface area contributed by atoms with Crippen molar-refractivity contribution >= 4 is 29.0 Å². The lowest BCUT2D eigenvalue weighted by Gasteiger charge is -2.23. The number of carboxylic acids is 1. The van der Waals surface area contributed by atoms with Gasteiger partial charge in [0.2, 0.25) is 0 Å². The molecule has 8 heteroatoms. The molecule has 1 amide bonds. The molecule has 0 bridgehead atoms. The van der Waals surface area contributed by atoms with Gasteiger partial charge in [-0.25, -0.2) is 4.79 Å². The molecule has 0 unspecified atom stereocenters. The van der Waals surface area contributed by atoms with E-state index in [4.69, 9.17) is 4.74 Å². The number of nitrogens with one attached hydrogen (secondary N) is 1. The second-order valence-corrected chi connectivity index (χ2v) is 10.4. The van der Waals surface area contributed by atoms with Crippen molar-refractivity contribution in [1.82, 2.24) is 4.98 Å². The molecule has 0 saturated heterocycles. The minimum Gasteiger partial charge on any atom is -0.494 e. The van der Waals surface area contributed by atoms with Crippen LogP contribution >= 0.6 is 0 Å². The van der Waals surface area contributed by atoms with Crippen LogP contribution in [0.3, 0.4) is 0 Å². The van der Waals surface area contributed by atoms with E-state index < -0.39 is 12.0 Å². The molecule has 0 fully saturated rings. The molecule has 0 spiro atoms.